The monoisotopic (exact) mass is 371 g/mol. The van der Waals surface area contributed by atoms with Crippen molar-refractivity contribution >= 4 is 11.6 Å². The Morgan fingerprint density at radius 3 is 2.44 bits per heavy atom. The normalized spacial score (nSPS) is 14.7. The van der Waals surface area contributed by atoms with Crippen LogP contribution in [0.2, 0.25) is 0 Å². The molecule has 0 unspecified atom stereocenters. The van der Waals surface area contributed by atoms with Crippen LogP contribution in [0.15, 0.2) is 41.4 Å². The Kier molecular flexibility index (Phi) is 8.65. The van der Waals surface area contributed by atoms with Crippen LogP contribution in [0.25, 0.3) is 0 Å². The summed E-state index contributed by atoms with van der Waals surface area (Å²) in [6.45, 7) is 13.9. The highest BCUT2D eigenvalue weighted by atomic mass is 15.2. The fourth-order valence-corrected chi connectivity index (χ4v) is 3.54. The average Bonchev–Trinajstić information content (AvgIpc) is 3.18. The zero-order valence-electron chi connectivity index (χ0n) is 17.7. The van der Waals surface area contributed by atoms with E-state index in [9.17, 15) is 0 Å². The molecule has 1 aliphatic rings. The second-order valence-electron chi connectivity index (χ2n) is 7.68. The predicted octanol–water partition coefficient (Wildman–Crippen LogP) is 3.24. The highest BCUT2D eigenvalue weighted by Crippen LogP contribution is 2.18. The minimum absolute atomic E-state index is 0.584. The van der Waals surface area contributed by atoms with E-state index in [1.165, 1.54) is 11.3 Å². The molecule has 2 rings (SSSR count). The van der Waals surface area contributed by atoms with Crippen molar-refractivity contribution in [1.82, 2.24) is 15.5 Å². The molecule has 5 nitrogen and oxygen atoms in total. The second kappa shape index (κ2) is 11.0. The first-order valence-corrected chi connectivity index (χ1v) is 10.2. The predicted molar refractivity (Wildman–Crippen MR) is 118 cm³/mol. The molecule has 150 valence electrons. The van der Waals surface area contributed by atoms with Crippen LogP contribution in [0.4, 0.5) is 5.69 Å². The lowest BCUT2D eigenvalue weighted by Gasteiger charge is -2.30. The van der Waals surface area contributed by atoms with E-state index in [0.29, 0.717) is 12.1 Å². The van der Waals surface area contributed by atoms with Gasteiger partial charge in [0.15, 0.2) is 5.96 Å². The lowest BCUT2D eigenvalue weighted by molar-refractivity contribution is 0.173. The summed E-state index contributed by atoms with van der Waals surface area (Å²) >= 11 is 0. The van der Waals surface area contributed by atoms with E-state index in [0.717, 1.165) is 45.1 Å². The Bertz CT molecular complexity index is 605. The molecule has 2 N–H and O–H groups in total. The van der Waals surface area contributed by atoms with Crippen molar-refractivity contribution in [3.8, 4) is 0 Å². The van der Waals surface area contributed by atoms with Crippen molar-refractivity contribution < 1.29 is 0 Å². The van der Waals surface area contributed by atoms with Crippen molar-refractivity contribution in [2.45, 2.75) is 52.7 Å². The first-order chi connectivity index (χ1) is 13.0. The van der Waals surface area contributed by atoms with Crippen LogP contribution >= 0.6 is 0 Å². The van der Waals surface area contributed by atoms with E-state index in [2.05, 4.69) is 89.5 Å². The van der Waals surface area contributed by atoms with E-state index in [1.807, 2.05) is 7.05 Å². The lowest BCUT2D eigenvalue weighted by Crippen LogP contribution is -2.41. The SMILES string of the molecule is CN=C(NCCCN(C(C)C)C(C)C)NCc1cccc(N2CC=CC2)c1. The largest absolute Gasteiger partial charge is 0.364 e. The van der Waals surface area contributed by atoms with Crippen LogP contribution in [0.1, 0.15) is 39.7 Å². The Balaban J connectivity index is 1.75. The Hall–Kier alpha value is -2.01. The van der Waals surface area contributed by atoms with Gasteiger partial charge in [0.25, 0.3) is 0 Å². The fraction of sp³-hybridized carbons (Fsp3) is 0.591. The summed E-state index contributed by atoms with van der Waals surface area (Å²) in [5.41, 5.74) is 2.55. The summed E-state index contributed by atoms with van der Waals surface area (Å²) in [5, 5.41) is 6.86. The summed E-state index contributed by atoms with van der Waals surface area (Å²) in [5.74, 6) is 0.865. The van der Waals surface area contributed by atoms with E-state index in [1.54, 1.807) is 0 Å². The smallest absolute Gasteiger partial charge is 0.191 e. The number of guanidine groups is 1. The van der Waals surface area contributed by atoms with Gasteiger partial charge in [0, 0.05) is 57.5 Å². The highest BCUT2D eigenvalue weighted by Gasteiger charge is 2.12. The van der Waals surface area contributed by atoms with Gasteiger partial charge in [0.2, 0.25) is 0 Å². The van der Waals surface area contributed by atoms with Gasteiger partial charge in [0.1, 0.15) is 0 Å². The van der Waals surface area contributed by atoms with E-state index >= 15 is 0 Å². The van der Waals surface area contributed by atoms with Gasteiger partial charge in [-0.1, -0.05) is 24.3 Å². The number of hydrogen-bond donors (Lipinski definition) is 2. The first-order valence-electron chi connectivity index (χ1n) is 10.2. The van der Waals surface area contributed by atoms with Crippen LogP contribution < -0.4 is 15.5 Å². The van der Waals surface area contributed by atoms with Gasteiger partial charge in [-0.3, -0.25) is 9.89 Å². The summed E-state index contributed by atoms with van der Waals surface area (Å²) in [7, 11) is 1.83. The van der Waals surface area contributed by atoms with Crippen molar-refractivity contribution in [1.29, 1.82) is 0 Å². The van der Waals surface area contributed by atoms with Gasteiger partial charge in [0.05, 0.1) is 0 Å². The quantitative estimate of drug-likeness (QED) is 0.303. The number of anilines is 1. The zero-order valence-corrected chi connectivity index (χ0v) is 17.7. The number of nitrogens with zero attached hydrogens (tertiary/aromatic N) is 3. The minimum Gasteiger partial charge on any atom is -0.364 e. The molecule has 0 bridgehead atoms. The molecule has 0 aromatic heterocycles. The number of hydrogen-bond acceptors (Lipinski definition) is 3. The zero-order chi connectivity index (χ0) is 19.6. The lowest BCUT2D eigenvalue weighted by atomic mass is 10.2. The molecule has 5 heteroatoms. The van der Waals surface area contributed by atoms with Crippen molar-refractivity contribution in [3.63, 3.8) is 0 Å². The van der Waals surface area contributed by atoms with Gasteiger partial charge in [-0.15, -0.1) is 0 Å². The number of rotatable bonds is 9. The highest BCUT2D eigenvalue weighted by molar-refractivity contribution is 5.79. The van der Waals surface area contributed by atoms with Gasteiger partial charge >= 0.3 is 0 Å². The van der Waals surface area contributed by atoms with Gasteiger partial charge in [-0.25, -0.2) is 0 Å². The van der Waals surface area contributed by atoms with Gasteiger partial charge in [-0.2, -0.15) is 0 Å². The topological polar surface area (TPSA) is 42.9 Å². The molecule has 1 aromatic carbocycles. The van der Waals surface area contributed by atoms with E-state index in [4.69, 9.17) is 0 Å². The Labute approximate surface area is 165 Å². The molecule has 1 aromatic rings. The maximum atomic E-state index is 4.35. The summed E-state index contributed by atoms with van der Waals surface area (Å²) in [4.78, 5) is 9.24. The van der Waals surface area contributed by atoms with E-state index < -0.39 is 0 Å². The second-order valence-corrected chi connectivity index (χ2v) is 7.68. The van der Waals surface area contributed by atoms with Crippen molar-refractivity contribution in [3.05, 3.63) is 42.0 Å². The average molecular weight is 372 g/mol. The molecule has 1 aliphatic heterocycles. The molecule has 0 spiro atoms. The molecule has 0 aliphatic carbocycles. The standard InChI is InChI=1S/C22H37N5/c1-18(2)27(19(3)4)15-9-12-24-22(23-5)25-17-20-10-8-11-21(16-20)26-13-6-7-14-26/h6-8,10-11,16,18-19H,9,12-15,17H2,1-5H3,(H2,23,24,25). The van der Waals surface area contributed by atoms with E-state index in [-0.39, 0.29) is 0 Å². The molecule has 0 saturated heterocycles. The summed E-state index contributed by atoms with van der Waals surface area (Å²) in [6, 6.07) is 9.90. The molecule has 0 radical (unpaired) electrons. The molecular weight excluding hydrogens is 334 g/mol. The third-order valence-electron chi connectivity index (χ3n) is 4.99. The molecular formula is C22H37N5. The van der Waals surface area contributed by atoms with Gasteiger partial charge < -0.3 is 15.5 Å². The molecule has 27 heavy (non-hydrogen) atoms. The van der Waals surface area contributed by atoms with Crippen molar-refractivity contribution in [2.24, 2.45) is 4.99 Å². The summed E-state index contributed by atoms with van der Waals surface area (Å²) < 4.78 is 0. The Morgan fingerprint density at radius 1 is 1.11 bits per heavy atom. The van der Waals surface area contributed by atoms with Gasteiger partial charge in [-0.05, 0) is 51.8 Å². The third kappa shape index (κ3) is 6.90. The van der Waals surface area contributed by atoms with Crippen molar-refractivity contribution in [2.75, 3.05) is 38.1 Å². The Morgan fingerprint density at radius 2 is 1.81 bits per heavy atom. The van der Waals surface area contributed by atoms with Crippen LogP contribution in [0, 0.1) is 0 Å². The molecule has 0 amide bonds. The minimum atomic E-state index is 0.584. The maximum Gasteiger partial charge on any atom is 0.191 e. The molecule has 0 atom stereocenters. The first kappa shape index (κ1) is 21.3. The number of aliphatic imine (C=N–C) groups is 1. The maximum absolute atomic E-state index is 4.35. The third-order valence-corrected chi connectivity index (χ3v) is 4.99. The fourth-order valence-electron chi connectivity index (χ4n) is 3.54. The molecule has 0 saturated carbocycles. The van der Waals surface area contributed by atoms with Crippen LogP contribution in [0.5, 0.6) is 0 Å². The number of benzene rings is 1. The molecule has 0 fully saturated rings. The van der Waals surface area contributed by atoms with Crippen LogP contribution in [-0.4, -0.2) is 56.2 Å². The van der Waals surface area contributed by atoms with Crippen LogP contribution in [-0.2, 0) is 6.54 Å². The number of nitrogens with one attached hydrogen (secondary N) is 2. The van der Waals surface area contributed by atoms with Crippen LogP contribution in [0.3, 0.4) is 0 Å². The molecule has 1 heterocycles. The summed E-state index contributed by atoms with van der Waals surface area (Å²) in [6.07, 6.45) is 5.54.